The molecule has 3 saturated heterocycles. The first kappa shape index (κ1) is 23.6. The minimum atomic E-state index is -4.35. The lowest BCUT2D eigenvalue weighted by atomic mass is 9.80. The van der Waals surface area contributed by atoms with Crippen LogP contribution >= 0.6 is 0 Å². The number of alkyl halides is 3. The van der Waals surface area contributed by atoms with Crippen molar-refractivity contribution in [3.63, 3.8) is 0 Å². The number of rotatable bonds is 5. The molecule has 0 aromatic carbocycles. The van der Waals surface area contributed by atoms with Crippen molar-refractivity contribution in [1.29, 1.82) is 0 Å². The van der Waals surface area contributed by atoms with Gasteiger partial charge in [0, 0.05) is 53.3 Å². The Bertz CT molecular complexity index is 758. The number of halogens is 3. The SMILES string of the molecule is COC1CCC2CNN(C)C2C1NS(=O)(=O)C1CNN(C2CC(C(F)(F)F)N(C)N2)C1. The van der Waals surface area contributed by atoms with E-state index in [0.717, 1.165) is 24.4 Å². The lowest BCUT2D eigenvalue weighted by Crippen LogP contribution is -2.61. The summed E-state index contributed by atoms with van der Waals surface area (Å²) in [6.07, 6.45) is -3.67. The van der Waals surface area contributed by atoms with E-state index in [9.17, 15) is 21.6 Å². The van der Waals surface area contributed by atoms with Gasteiger partial charge in [0.25, 0.3) is 0 Å². The van der Waals surface area contributed by atoms with Gasteiger partial charge in [0.15, 0.2) is 0 Å². The number of nitrogens with zero attached hydrogens (tertiary/aromatic N) is 3. The van der Waals surface area contributed by atoms with Gasteiger partial charge in [-0.05, 0) is 18.8 Å². The first-order valence-electron chi connectivity index (χ1n) is 10.6. The quantitative estimate of drug-likeness (QED) is 0.394. The predicted molar refractivity (Wildman–Crippen MR) is 107 cm³/mol. The van der Waals surface area contributed by atoms with E-state index in [2.05, 4.69) is 21.0 Å². The number of nitrogens with one attached hydrogen (secondary N) is 4. The second kappa shape index (κ2) is 8.65. The average Bonchev–Trinajstić information content (AvgIpc) is 3.40. The Morgan fingerprint density at radius 1 is 1.10 bits per heavy atom. The Morgan fingerprint density at radius 3 is 2.48 bits per heavy atom. The summed E-state index contributed by atoms with van der Waals surface area (Å²) in [5.41, 5.74) is 9.03. The zero-order valence-electron chi connectivity index (χ0n) is 17.9. The molecule has 3 aliphatic heterocycles. The van der Waals surface area contributed by atoms with Gasteiger partial charge in [-0.1, -0.05) is 0 Å². The number of hydrogen-bond acceptors (Lipinski definition) is 9. The second-order valence-corrected chi connectivity index (χ2v) is 10.9. The van der Waals surface area contributed by atoms with Crippen molar-refractivity contribution in [3.8, 4) is 0 Å². The molecular formula is C17H32F3N7O3S. The zero-order chi connectivity index (χ0) is 22.6. The van der Waals surface area contributed by atoms with Crippen molar-refractivity contribution in [2.75, 3.05) is 40.8 Å². The lowest BCUT2D eigenvalue weighted by molar-refractivity contribution is -0.176. The minimum Gasteiger partial charge on any atom is -0.380 e. The Balaban J connectivity index is 1.42. The number of hydrogen-bond donors (Lipinski definition) is 4. The highest BCUT2D eigenvalue weighted by Gasteiger charge is 2.51. The van der Waals surface area contributed by atoms with Crippen molar-refractivity contribution in [1.82, 2.24) is 36.0 Å². The third-order valence-electron chi connectivity index (χ3n) is 7.11. The van der Waals surface area contributed by atoms with E-state index >= 15 is 0 Å². The maximum Gasteiger partial charge on any atom is 0.405 e. The van der Waals surface area contributed by atoms with Crippen LogP contribution in [0.4, 0.5) is 13.2 Å². The summed E-state index contributed by atoms with van der Waals surface area (Å²) in [5.74, 6) is 0.333. The minimum absolute atomic E-state index is 0.0170. The maximum absolute atomic E-state index is 13.2. The molecule has 180 valence electrons. The van der Waals surface area contributed by atoms with E-state index in [4.69, 9.17) is 4.74 Å². The van der Waals surface area contributed by atoms with Gasteiger partial charge in [0.05, 0.1) is 18.3 Å². The lowest BCUT2D eigenvalue weighted by Gasteiger charge is -2.41. The molecule has 10 nitrogen and oxygen atoms in total. The smallest absolute Gasteiger partial charge is 0.380 e. The maximum atomic E-state index is 13.2. The van der Waals surface area contributed by atoms with Gasteiger partial charge in [-0.3, -0.25) is 10.9 Å². The number of sulfonamides is 1. The monoisotopic (exact) mass is 471 g/mol. The van der Waals surface area contributed by atoms with Crippen LogP contribution in [0.25, 0.3) is 0 Å². The van der Waals surface area contributed by atoms with Crippen LogP contribution in [0.1, 0.15) is 19.3 Å². The largest absolute Gasteiger partial charge is 0.405 e. The van der Waals surface area contributed by atoms with E-state index in [1.807, 2.05) is 12.1 Å². The standard InChI is InChI=1S/C17H32F3N7O3S/c1-25-13(17(18,19)20)6-14(23-25)27-9-11(8-22-27)31(28,29)24-15-12(30-3)5-4-10-7-21-26(2)16(10)15/h10-16,21-24H,4-9H2,1-3H3. The molecule has 4 N–H and O–H groups in total. The summed E-state index contributed by atoms with van der Waals surface area (Å²) < 4.78 is 74.4. The molecule has 14 heteroatoms. The van der Waals surface area contributed by atoms with Crippen LogP contribution in [0.2, 0.25) is 0 Å². The van der Waals surface area contributed by atoms with Crippen molar-refractivity contribution in [2.24, 2.45) is 5.92 Å². The molecule has 0 aromatic rings. The van der Waals surface area contributed by atoms with Crippen LogP contribution < -0.4 is 21.0 Å². The third kappa shape index (κ3) is 4.59. The summed E-state index contributed by atoms with van der Waals surface area (Å²) in [4.78, 5) is 0. The van der Waals surface area contributed by atoms with Crippen molar-refractivity contribution in [2.45, 2.75) is 61.1 Å². The topological polar surface area (TPSA) is 101 Å². The molecule has 3 heterocycles. The molecule has 4 fully saturated rings. The normalized spacial score (nSPS) is 41.2. The first-order chi connectivity index (χ1) is 14.5. The fourth-order valence-corrected chi connectivity index (χ4v) is 6.91. The van der Waals surface area contributed by atoms with E-state index < -0.39 is 39.7 Å². The predicted octanol–water partition coefficient (Wildman–Crippen LogP) is -1.20. The number of methoxy groups -OCH3 is 1. The fraction of sp³-hybridized carbons (Fsp3) is 1.00. The van der Waals surface area contributed by atoms with Gasteiger partial charge in [0.2, 0.25) is 10.0 Å². The van der Waals surface area contributed by atoms with E-state index in [1.165, 1.54) is 7.05 Å². The molecule has 0 aromatic heterocycles. The third-order valence-corrected chi connectivity index (χ3v) is 8.90. The molecule has 1 aliphatic carbocycles. The van der Waals surface area contributed by atoms with Gasteiger partial charge < -0.3 is 4.74 Å². The van der Waals surface area contributed by atoms with Gasteiger partial charge >= 0.3 is 6.18 Å². The summed E-state index contributed by atoms with van der Waals surface area (Å²) in [6.45, 7) is 1.04. The number of hydrazine groups is 3. The average molecular weight is 472 g/mol. The Hall–Kier alpha value is -0.580. The summed E-state index contributed by atoms with van der Waals surface area (Å²) in [5, 5.41) is 3.79. The van der Waals surface area contributed by atoms with Crippen LogP contribution in [0.3, 0.4) is 0 Å². The van der Waals surface area contributed by atoms with E-state index in [1.54, 1.807) is 12.1 Å². The molecular weight excluding hydrogens is 439 g/mol. The Kier molecular flexibility index (Phi) is 6.58. The molecule has 4 aliphatic rings. The number of likely N-dealkylation sites (N-methyl/N-ethyl adjacent to an activating group) is 1. The fourth-order valence-electron chi connectivity index (χ4n) is 5.39. The van der Waals surface area contributed by atoms with Gasteiger partial charge in [0.1, 0.15) is 11.3 Å². The summed E-state index contributed by atoms with van der Waals surface area (Å²) >= 11 is 0. The summed E-state index contributed by atoms with van der Waals surface area (Å²) in [7, 11) is 1.11. The second-order valence-electron chi connectivity index (χ2n) is 8.95. The summed E-state index contributed by atoms with van der Waals surface area (Å²) in [6, 6.07) is -2.02. The van der Waals surface area contributed by atoms with Crippen molar-refractivity contribution in [3.05, 3.63) is 0 Å². The van der Waals surface area contributed by atoms with Crippen LogP contribution in [0.15, 0.2) is 0 Å². The van der Waals surface area contributed by atoms with Crippen molar-refractivity contribution < 1.29 is 26.3 Å². The number of ether oxygens (including phenoxy) is 1. The molecule has 1 saturated carbocycles. The molecule has 31 heavy (non-hydrogen) atoms. The molecule has 7 atom stereocenters. The molecule has 0 spiro atoms. The molecule has 7 unspecified atom stereocenters. The number of fused-ring (bicyclic) bond motifs is 1. The Morgan fingerprint density at radius 2 is 1.84 bits per heavy atom. The molecule has 0 amide bonds. The van der Waals surface area contributed by atoms with Crippen molar-refractivity contribution >= 4 is 10.0 Å². The van der Waals surface area contributed by atoms with E-state index in [-0.39, 0.29) is 31.7 Å². The van der Waals surface area contributed by atoms with Gasteiger partial charge in [-0.2, -0.15) is 13.2 Å². The highest BCUT2D eigenvalue weighted by Crippen LogP contribution is 2.34. The molecule has 0 bridgehead atoms. The van der Waals surface area contributed by atoms with Gasteiger partial charge in [-0.15, -0.1) is 0 Å². The molecule has 4 rings (SSSR count). The Labute approximate surface area is 180 Å². The van der Waals surface area contributed by atoms with Crippen LogP contribution in [-0.4, -0.2) is 106 Å². The zero-order valence-corrected chi connectivity index (χ0v) is 18.7. The van der Waals surface area contributed by atoms with Crippen LogP contribution in [0, 0.1) is 5.92 Å². The first-order valence-corrected chi connectivity index (χ1v) is 12.1. The van der Waals surface area contributed by atoms with Crippen LogP contribution in [0.5, 0.6) is 0 Å². The highest BCUT2D eigenvalue weighted by molar-refractivity contribution is 7.90. The highest BCUT2D eigenvalue weighted by atomic mass is 32.2. The van der Waals surface area contributed by atoms with Gasteiger partial charge in [-0.25, -0.2) is 33.6 Å². The molecule has 0 radical (unpaired) electrons. The van der Waals surface area contributed by atoms with E-state index in [0.29, 0.717) is 5.92 Å². The van der Waals surface area contributed by atoms with Crippen LogP contribution in [-0.2, 0) is 14.8 Å².